The summed E-state index contributed by atoms with van der Waals surface area (Å²) in [6.07, 6.45) is 0.446. The molecule has 1 aromatic rings. The Bertz CT molecular complexity index is 453. The van der Waals surface area contributed by atoms with Crippen LogP contribution in [0.5, 0.6) is 0 Å². The van der Waals surface area contributed by atoms with Crippen LogP contribution in [0.1, 0.15) is 24.9 Å². The highest BCUT2D eigenvalue weighted by Gasteiger charge is 2.22. The van der Waals surface area contributed by atoms with Gasteiger partial charge in [-0.25, -0.2) is 0 Å². The van der Waals surface area contributed by atoms with Crippen molar-refractivity contribution in [2.24, 2.45) is 0 Å². The van der Waals surface area contributed by atoms with Gasteiger partial charge in [0.15, 0.2) is 0 Å². The fourth-order valence-electron chi connectivity index (χ4n) is 2.35. The number of halogens is 1. The Hall–Kier alpha value is -1.10. The molecule has 1 unspecified atom stereocenters. The number of nitrogens with one attached hydrogen (secondary N) is 1. The number of hydrogen-bond acceptors (Lipinski definition) is 3. The van der Waals surface area contributed by atoms with Gasteiger partial charge in [0, 0.05) is 18.1 Å². The lowest BCUT2D eigenvalue weighted by Gasteiger charge is -2.19. The molecule has 4 nitrogen and oxygen atoms in total. The number of carbonyl (C=O) groups excluding carboxylic acids is 1. The third kappa shape index (κ3) is 3.93. The van der Waals surface area contributed by atoms with Crippen LogP contribution in [-0.4, -0.2) is 41.7 Å². The summed E-state index contributed by atoms with van der Waals surface area (Å²) in [6.45, 7) is 3.59. The minimum absolute atomic E-state index is 0.0403. The molecule has 1 saturated heterocycles. The summed E-state index contributed by atoms with van der Waals surface area (Å²) in [7, 11) is 0. The monoisotopic (exact) mass is 282 g/mol. The number of β-amino-alcohol motifs (C(OH)–C–C–N with tert-alkyl or cyclic N) is 1. The van der Waals surface area contributed by atoms with E-state index in [0.717, 1.165) is 18.5 Å². The number of amides is 1. The van der Waals surface area contributed by atoms with Crippen molar-refractivity contribution in [3.05, 3.63) is 34.9 Å². The number of likely N-dealkylation sites (tertiary alicyclic amines) is 1. The van der Waals surface area contributed by atoms with Gasteiger partial charge in [-0.3, -0.25) is 9.69 Å². The van der Waals surface area contributed by atoms with Gasteiger partial charge in [-0.05, 0) is 25.0 Å². The van der Waals surface area contributed by atoms with Crippen molar-refractivity contribution >= 4 is 17.5 Å². The van der Waals surface area contributed by atoms with E-state index in [2.05, 4.69) is 5.32 Å². The number of hydrogen-bond donors (Lipinski definition) is 2. The summed E-state index contributed by atoms with van der Waals surface area (Å²) < 4.78 is 0. The number of benzene rings is 1. The molecule has 0 aromatic heterocycles. The zero-order chi connectivity index (χ0) is 13.8. The Morgan fingerprint density at radius 1 is 1.58 bits per heavy atom. The average molecular weight is 283 g/mol. The second-order valence-electron chi connectivity index (χ2n) is 4.99. The van der Waals surface area contributed by atoms with E-state index >= 15 is 0 Å². The maximum atomic E-state index is 11.9. The lowest BCUT2D eigenvalue weighted by atomic mass is 10.1. The molecule has 2 N–H and O–H groups in total. The first-order chi connectivity index (χ1) is 9.06. The zero-order valence-electron chi connectivity index (χ0n) is 11.0. The topological polar surface area (TPSA) is 52.6 Å². The van der Waals surface area contributed by atoms with Crippen LogP contribution in [0.4, 0.5) is 0 Å². The van der Waals surface area contributed by atoms with Crippen molar-refractivity contribution in [1.82, 2.24) is 10.2 Å². The molecule has 1 aliphatic rings. The largest absolute Gasteiger partial charge is 0.392 e. The molecule has 19 heavy (non-hydrogen) atoms. The van der Waals surface area contributed by atoms with E-state index in [1.807, 2.05) is 36.1 Å². The molecule has 2 rings (SSSR count). The first-order valence-electron chi connectivity index (χ1n) is 6.50. The molecule has 0 aliphatic carbocycles. The van der Waals surface area contributed by atoms with E-state index in [1.54, 1.807) is 0 Å². The van der Waals surface area contributed by atoms with Gasteiger partial charge in [-0.15, -0.1) is 0 Å². The molecule has 1 fully saturated rings. The van der Waals surface area contributed by atoms with Gasteiger partial charge in [0.25, 0.3) is 0 Å². The van der Waals surface area contributed by atoms with Crippen LogP contribution in [0, 0.1) is 0 Å². The van der Waals surface area contributed by atoms with Gasteiger partial charge in [0.1, 0.15) is 0 Å². The highest BCUT2D eigenvalue weighted by atomic mass is 35.5. The number of rotatable bonds is 4. The van der Waals surface area contributed by atoms with Crippen LogP contribution in [-0.2, 0) is 4.79 Å². The number of carbonyl (C=O) groups is 1. The van der Waals surface area contributed by atoms with Crippen LogP contribution in [0.25, 0.3) is 0 Å². The van der Waals surface area contributed by atoms with Gasteiger partial charge in [0.05, 0.1) is 18.7 Å². The average Bonchev–Trinajstić information content (AvgIpc) is 2.74. The van der Waals surface area contributed by atoms with Crippen molar-refractivity contribution in [3.8, 4) is 0 Å². The predicted octanol–water partition coefficient (Wildman–Crippen LogP) is 1.58. The number of aliphatic hydroxyl groups excluding tert-OH is 1. The summed E-state index contributed by atoms with van der Waals surface area (Å²) in [6, 6.07) is 7.38. The maximum absolute atomic E-state index is 11.9. The number of nitrogens with zero attached hydrogens (tertiary/aromatic N) is 1. The highest BCUT2D eigenvalue weighted by Crippen LogP contribution is 2.22. The van der Waals surface area contributed by atoms with Crippen molar-refractivity contribution < 1.29 is 9.90 Å². The van der Waals surface area contributed by atoms with Crippen molar-refractivity contribution in [2.45, 2.75) is 25.5 Å². The molecule has 5 heteroatoms. The normalized spacial score (nSPS) is 21.3. The minimum Gasteiger partial charge on any atom is -0.392 e. The Balaban J connectivity index is 1.87. The van der Waals surface area contributed by atoms with E-state index in [-0.39, 0.29) is 18.1 Å². The molecule has 1 amide bonds. The van der Waals surface area contributed by atoms with E-state index in [4.69, 9.17) is 11.6 Å². The highest BCUT2D eigenvalue weighted by molar-refractivity contribution is 6.31. The summed E-state index contributed by atoms with van der Waals surface area (Å²) in [5.74, 6) is -0.0403. The fourth-order valence-corrected chi connectivity index (χ4v) is 2.65. The van der Waals surface area contributed by atoms with Crippen molar-refractivity contribution in [2.75, 3.05) is 19.6 Å². The summed E-state index contributed by atoms with van der Waals surface area (Å²) >= 11 is 6.10. The van der Waals surface area contributed by atoms with E-state index in [1.165, 1.54) is 0 Å². The maximum Gasteiger partial charge on any atom is 0.234 e. The fraction of sp³-hybridized carbons (Fsp3) is 0.500. The molecule has 1 heterocycles. The van der Waals surface area contributed by atoms with Gasteiger partial charge in [0.2, 0.25) is 5.91 Å². The molecule has 2 atom stereocenters. The van der Waals surface area contributed by atoms with Crippen LogP contribution < -0.4 is 5.32 Å². The van der Waals surface area contributed by atoms with E-state index in [0.29, 0.717) is 18.1 Å². The lowest BCUT2D eigenvalue weighted by molar-refractivity contribution is -0.122. The lowest BCUT2D eigenvalue weighted by Crippen LogP contribution is -2.37. The van der Waals surface area contributed by atoms with E-state index in [9.17, 15) is 9.90 Å². The SMILES string of the molecule is CC(NC(=O)CN1CC[C@@H](O)C1)c1ccccc1Cl. The predicted molar refractivity (Wildman–Crippen MR) is 75.1 cm³/mol. The molecule has 0 radical (unpaired) electrons. The second kappa shape index (κ2) is 6.37. The second-order valence-corrected chi connectivity index (χ2v) is 5.40. The first-order valence-corrected chi connectivity index (χ1v) is 6.88. The molecular formula is C14H19ClN2O2. The minimum atomic E-state index is -0.297. The Morgan fingerprint density at radius 2 is 2.32 bits per heavy atom. The summed E-state index contributed by atoms with van der Waals surface area (Å²) in [5, 5.41) is 13.0. The molecule has 0 spiro atoms. The van der Waals surface area contributed by atoms with Crippen molar-refractivity contribution in [3.63, 3.8) is 0 Å². The molecule has 104 valence electrons. The summed E-state index contributed by atoms with van der Waals surface area (Å²) in [4.78, 5) is 13.9. The van der Waals surface area contributed by atoms with Crippen LogP contribution in [0.3, 0.4) is 0 Å². The zero-order valence-corrected chi connectivity index (χ0v) is 11.7. The van der Waals surface area contributed by atoms with Gasteiger partial charge < -0.3 is 10.4 Å². The quantitative estimate of drug-likeness (QED) is 0.882. The van der Waals surface area contributed by atoms with Crippen LogP contribution >= 0.6 is 11.6 Å². The summed E-state index contributed by atoms with van der Waals surface area (Å²) in [5.41, 5.74) is 0.916. The molecule has 1 aromatic carbocycles. The standard InChI is InChI=1S/C14H19ClN2O2/c1-10(12-4-2-3-5-13(12)15)16-14(19)9-17-7-6-11(18)8-17/h2-5,10-11,18H,6-9H2,1H3,(H,16,19)/t10?,11-/m1/s1. The Kier molecular flexibility index (Phi) is 4.80. The van der Waals surface area contributed by atoms with Gasteiger partial charge in [-0.1, -0.05) is 29.8 Å². The third-order valence-corrected chi connectivity index (χ3v) is 3.71. The third-order valence-electron chi connectivity index (χ3n) is 3.36. The molecule has 1 aliphatic heterocycles. The molecule has 0 saturated carbocycles. The molecular weight excluding hydrogens is 264 g/mol. The van der Waals surface area contributed by atoms with E-state index < -0.39 is 0 Å². The Morgan fingerprint density at radius 3 is 2.95 bits per heavy atom. The smallest absolute Gasteiger partial charge is 0.234 e. The van der Waals surface area contributed by atoms with Crippen LogP contribution in [0.15, 0.2) is 24.3 Å². The molecule has 0 bridgehead atoms. The Labute approximate surface area is 118 Å². The van der Waals surface area contributed by atoms with Gasteiger partial charge in [-0.2, -0.15) is 0 Å². The first kappa shape index (κ1) is 14.3. The van der Waals surface area contributed by atoms with Crippen molar-refractivity contribution in [1.29, 1.82) is 0 Å². The van der Waals surface area contributed by atoms with Gasteiger partial charge >= 0.3 is 0 Å². The number of aliphatic hydroxyl groups is 1. The van der Waals surface area contributed by atoms with Crippen LogP contribution in [0.2, 0.25) is 5.02 Å².